The van der Waals surface area contributed by atoms with Crippen LogP contribution < -0.4 is 5.32 Å². The summed E-state index contributed by atoms with van der Waals surface area (Å²) in [4.78, 5) is 12.1. The average molecular weight is 439 g/mol. The van der Waals surface area contributed by atoms with Gasteiger partial charge < -0.3 is 10.1 Å². The van der Waals surface area contributed by atoms with E-state index < -0.39 is 0 Å². The first-order chi connectivity index (χ1) is 14.9. The number of ether oxygens (including phenoxy) is 1. The molecule has 1 N–H and O–H groups in total. The molecule has 0 aliphatic heterocycles. The number of carbonyl (C=O) groups is 1. The lowest BCUT2D eigenvalue weighted by Crippen LogP contribution is -2.28. The summed E-state index contributed by atoms with van der Waals surface area (Å²) < 4.78 is 7.05. The van der Waals surface area contributed by atoms with Gasteiger partial charge >= 0.3 is 0 Å². The van der Waals surface area contributed by atoms with Crippen LogP contribution in [0.3, 0.4) is 0 Å². The van der Waals surface area contributed by atoms with Crippen molar-refractivity contribution in [3.8, 4) is 11.4 Å². The summed E-state index contributed by atoms with van der Waals surface area (Å²) in [5.41, 5.74) is 3.52. The number of benzene rings is 2. The van der Waals surface area contributed by atoms with Gasteiger partial charge in [-0.1, -0.05) is 87.1 Å². The fraction of sp³-hybridized carbons (Fsp3) is 0.375. The maximum Gasteiger partial charge on any atom is 0.230 e. The number of carbonyl (C=O) groups excluding carboxylic acids is 1. The van der Waals surface area contributed by atoms with Crippen LogP contribution in [0.5, 0.6) is 0 Å². The Balaban J connectivity index is 1.84. The quantitative estimate of drug-likeness (QED) is 0.402. The lowest BCUT2D eigenvalue weighted by molar-refractivity contribution is -0.118. The van der Waals surface area contributed by atoms with Gasteiger partial charge in [-0.2, -0.15) is 0 Å². The molecule has 0 saturated heterocycles. The molecule has 0 fully saturated rings. The van der Waals surface area contributed by atoms with Crippen LogP contribution in [0, 0.1) is 0 Å². The van der Waals surface area contributed by atoms with Gasteiger partial charge in [-0.15, -0.1) is 10.2 Å². The highest BCUT2D eigenvalue weighted by atomic mass is 32.2. The number of nitrogens with zero attached hydrogens (tertiary/aromatic N) is 3. The number of hydrogen-bond donors (Lipinski definition) is 1. The molecule has 0 atom stereocenters. The van der Waals surface area contributed by atoms with E-state index in [-0.39, 0.29) is 17.1 Å². The molecule has 0 saturated carbocycles. The zero-order valence-corrected chi connectivity index (χ0v) is 19.4. The predicted molar refractivity (Wildman–Crippen MR) is 125 cm³/mol. The van der Waals surface area contributed by atoms with Crippen LogP contribution in [0.4, 0.5) is 0 Å². The molecule has 2 aromatic carbocycles. The van der Waals surface area contributed by atoms with E-state index in [1.165, 1.54) is 17.3 Å². The van der Waals surface area contributed by atoms with E-state index >= 15 is 0 Å². The summed E-state index contributed by atoms with van der Waals surface area (Å²) in [6.07, 6.45) is 0. The Kier molecular flexibility index (Phi) is 7.87. The molecule has 0 radical (unpaired) electrons. The Morgan fingerprint density at radius 2 is 1.77 bits per heavy atom. The van der Waals surface area contributed by atoms with Crippen LogP contribution in [0.25, 0.3) is 11.4 Å². The van der Waals surface area contributed by atoms with Crippen molar-refractivity contribution in [3.05, 3.63) is 65.7 Å². The molecule has 0 aliphatic carbocycles. The minimum atomic E-state index is -0.0487. The van der Waals surface area contributed by atoms with Crippen molar-refractivity contribution in [1.82, 2.24) is 20.1 Å². The van der Waals surface area contributed by atoms with Gasteiger partial charge in [0.25, 0.3) is 0 Å². The van der Waals surface area contributed by atoms with Crippen molar-refractivity contribution in [2.24, 2.45) is 0 Å². The third-order valence-corrected chi connectivity index (χ3v) is 5.84. The maximum atomic E-state index is 12.1. The Morgan fingerprint density at radius 1 is 1.06 bits per heavy atom. The van der Waals surface area contributed by atoms with E-state index in [2.05, 4.69) is 77.3 Å². The van der Waals surface area contributed by atoms with Crippen LogP contribution in [0.2, 0.25) is 0 Å². The molecule has 1 amide bonds. The summed E-state index contributed by atoms with van der Waals surface area (Å²) in [7, 11) is 1.61. The molecule has 6 nitrogen and oxygen atoms in total. The molecule has 1 heterocycles. The summed E-state index contributed by atoms with van der Waals surface area (Å²) in [6.45, 7) is 8.23. The normalized spacial score (nSPS) is 11.5. The van der Waals surface area contributed by atoms with Crippen LogP contribution in [-0.2, 0) is 21.5 Å². The molecule has 7 heteroatoms. The largest absolute Gasteiger partial charge is 0.383 e. The molecular formula is C24H30N4O2S. The Morgan fingerprint density at radius 3 is 2.42 bits per heavy atom. The number of nitrogens with one attached hydrogen (secondary N) is 1. The van der Waals surface area contributed by atoms with Crippen LogP contribution in [0.15, 0.2) is 59.8 Å². The zero-order chi connectivity index (χ0) is 22.3. The molecule has 31 heavy (non-hydrogen) atoms. The highest BCUT2D eigenvalue weighted by Crippen LogP contribution is 2.28. The molecule has 0 aliphatic rings. The Bertz CT molecular complexity index is 979. The molecule has 1 aromatic heterocycles. The van der Waals surface area contributed by atoms with Gasteiger partial charge in [0.2, 0.25) is 5.91 Å². The molecule has 0 bridgehead atoms. The van der Waals surface area contributed by atoms with Crippen molar-refractivity contribution >= 4 is 17.7 Å². The van der Waals surface area contributed by atoms with Crippen LogP contribution in [-0.4, -0.2) is 46.7 Å². The zero-order valence-electron chi connectivity index (χ0n) is 18.6. The standard InChI is InChI=1S/C24H30N4O2S/c1-24(2,3)20-12-10-19(11-13-20)22-26-27-23(31-17-21(29)25-14-15-30-4)28(22)16-18-8-6-5-7-9-18/h5-13H,14-17H2,1-4H3,(H,25,29). The van der Waals surface area contributed by atoms with Crippen LogP contribution >= 0.6 is 11.8 Å². The first-order valence-electron chi connectivity index (χ1n) is 10.3. The topological polar surface area (TPSA) is 69.0 Å². The van der Waals surface area contributed by atoms with E-state index in [0.717, 1.165) is 22.1 Å². The third-order valence-electron chi connectivity index (χ3n) is 4.87. The summed E-state index contributed by atoms with van der Waals surface area (Å²) in [5.74, 6) is 1.03. The van der Waals surface area contributed by atoms with Crippen molar-refractivity contribution < 1.29 is 9.53 Å². The lowest BCUT2D eigenvalue weighted by atomic mass is 9.87. The third kappa shape index (κ3) is 6.42. The van der Waals surface area contributed by atoms with Crippen LogP contribution in [0.1, 0.15) is 31.9 Å². The lowest BCUT2D eigenvalue weighted by Gasteiger charge is -2.19. The minimum absolute atomic E-state index is 0.0487. The van der Waals surface area contributed by atoms with E-state index in [9.17, 15) is 4.79 Å². The van der Waals surface area contributed by atoms with Crippen molar-refractivity contribution in [3.63, 3.8) is 0 Å². The second-order valence-electron chi connectivity index (χ2n) is 8.34. The van der Waals surface area contributed by atoms with E-state index in [4.69, 9.17) is 4.74 Å². The number of amides is 1. The number of aromatic nitrogens is 3. The molecule has 3 aromatic rings. The average Bonchev–Trinajstić information content (AvgIpc) is 3.15. The highest BCUT2D eigenvalue weighted by molar-refractivity contribution is 7.99. The molecule has 0 unspecified atom stereocenters. The summed E-state index contributed by atoms with van der Waals surface area (Å²) in [6, 6.07) is 18.7. The van der Waals surface area contributed by atoms with Gasteiger partial charge in [0.1, 0.15) is 0 Å². The van der Waals surface area contributed by atoms with E-state index in [1.54, 1.807) is 7.11 Å². The van der Waals surface area contributed by atoms with E-state index in [1.807, 2.05) is 18.2 Å². The van der Waals surface area contributed by atoms with Gasteiger partial charge in [-0.05, 0) is 16.5 Å². The highest BCUT2D eigenvalue weighted by Gasteiger charge is 2.18. The summed E-state index contributed by atoms with van der Waals surface area (Å²) >= 11 is 1.39. The first-order valence-corrected chi connectivity index (χ1v) is 11.3. The Labute approximate surface area is 188 Å². The van der Waals surface area contributed by atoms with Crippen molar-refractivity contribution in [2.45, 2.75) is 37.9 Å². The summed E-state index contributed by atoms with van der Waals surface area (Å²) in [5, 5.41) is 12.4. The molecular weight excluding hydrogens is 408 g/mol. The minimum Gasteiger partial charge on any atom is -0.383 e. The molecule has 164 valence electrons. The number of rotatable bonds is 9. The van der Waals surface area contributed by atoms with Gasteiger partial charge in [-0.3, -0.25) is 9.36 Å². The second-order valence-corrected chi connectivity index (χ2v) is 9.28. The fourth-order valence-electron chi connectivity index (χ4n) is 3.11. The number of hydrogen-bond acceptors (Lipinski definition) is 5. The molecule has 3 rings (SSSR count). The van der Waals surface area contributed by atoms with Crippen molar-refractivity contribution in [2.75, 3.05) is 26.0 Å². The van der Waals surface area contributed by atoms with Gasteiger partial charge in [0, 0.05) is 19.2 Å². The predicted octanol–water partition coefficient (Wildman–Crippen LogP) is 4.15. The number of thioether (sulfide) groups is 1. The van der Waals surface area contributed by atoms with Gasteiger partial charge in [0.15, 0.2) is 11.0 Å². The molecule has 0 spiro atoms. The smallest absolute Gasteiger partial charge is 0.230 e. The SMILES string of the molecule is COCCNC(=O)CSc1nnc(-c2ccc(C(C)(C)C)cc2)n1Cc1ccccc1. The number of methoxy groups -OCH3 is 1. The van der Waals surface area contributed by atoms with Crippen molar-refractivity contribution in [1.29, 1.82) is 0 Å². The van der Waals surface area contributed by atoms with Gasteiger partial charge in [-0.25, -0.2) is 0 Å². The maximum absolute atomic E-state index is 12.1. The Hall–Kier alpha value is -2.64. The first kappa shape index (κ1) is 23.0. The van der Waals surface area contributed by atoms with Gasteiger partial charge in [0.05, 0.1) is 18.9 Å². The second kappa shape index (κ2) is 10.6. The fourth-order valence-corrected chi connectivity index (χ4v) is 3.88. The monoisotopic (exact) mass is 438 g/mol. The van der Waals surface area contributed by atoms with E-state index in [0.29, 0.717) is 19.7 Å².